The SMILES string of the molecule is CC(C)Cn1c(CCC(N)=O)nn(CN2CCC(Cc3ccccc3)CC2)c1=S. The van der Waals surface area contributed by atoms with Gasteiger partial charge in [-0.3, -0.25) is 9.69 Å². The smallest absolute Gasteiger partial charge is 0.217 e. The third-order valence-electron chi connectivity index (χ3n) is 5.55. The summed E-state index contributed by atoms with van der Waals surface area (Å²) in [7, 11) is 0. The highest BCUT2D eigenvalue weighted by Crippen LogP contribution is 2.22. The van der Waals surface area contributed by atoms with Gasteiger partial charge in [0.05, 0.1) is 6.67 Å². The van der Waals surface area contributed by atoms with Crippen LogP contribution in [-0.2, 0) is 30.8 Å². The van der Waals surface area contributed by atoms with E-state index < -0.39 is 0 Å². The average molecular weight is 416 g/mol. The summed E-state index contributed by atoms with van der Waals surface area (Å²) in [5, 5.41) is 4.74. The van der Waals surface area contributed by atoms with Crippen molar-refractivity contribution in [2.45, 2.75) is 59.2 Å². The number of aromatic nitrogens is 3. The van der Waals surface area contributed by atoms with Crippen molar-refractivity contribution in [1.82, 2.24) is 19.2 Å². The van der Waals surface area contributed by atoms with Gasteiger partial charge in [0.1, 0.15) is 5.82 Å². The first-order valence-electron chi connectivity index (χ1n) is 10.6. The van der Waals surface area contributed by atoms with Crippen LogP contribution >= 0.6 is 12.2 Å². The fourth-order valence-corrected chi connectivity index (χ4v) is 4.29. The number of benzene rings is 1. The summed E-state index contributed by atoms with van der Waals surface area (Å²) < 4.78 is 4.74. The van der Waals surface area contributed by atoms with Crippen LogP contribution in [0.5, 0.6) is 0 Å². The predicted molar refractivity (Wildman–Crippen MR) is 118 cm³/mol. The summed E-state index contributed by atoms with van der Waals surface area (Å²) in [4.78, 5) is 13.7. The van der Waals surface area contributed by atoms with Crippen LogP contribution in [0.4, 0.5) is 0 Å². The number of carbonyl (C=O) groups is 1. The molecule has 7 heteroatoms. The van der Waals surface area contributed by atoms with Crippen molar-refractivity contribution in [1.29, 1.82) is 0 Å². The average Bonchev–Trinajstić information content (AvgIpc) is 2.97. The second-order valence-corrected chi connectivity index (χ2v) is 8.93. The number of nitrogens with two attached hydrogens (primary N) is 1. The molecule has 0 spiro atoms. The number of primary amides is 1. The van der Waals surface area contributed by atoms with E-state index in [9.17, 15) is 4.79 Å². The van der Waals surface area contributed by atoms with Crippen molar-refractivity contribution in [3.05, 3.63) is 46.5 Å². The number of piperidine rings is 1. The van der Waals surface area contributed by atoms with E-state index in [0.717, 1.165) is 42.6 Å². The minimum Gasteiger partial charge on any atom is -0.370 e. The lowest BCUT2D eigenvalue weighted by molar-refractivity contribution is -0.118. The van der Waals surface area contributed by atoms with Gasteiger partial charge in [0.25, 0.3) is 0 Å². The highest BCUT2D eigenvalue weighted by atomic mass is 32.1. The van der Waals surface area contributed by atoms with Gasteiger partial charge in [0, 0.05) is 32.5 Å². The fraction of sp³-hybridized carbons (Fsp3) is 0.591. The lowest BCUT2D eigenvalue weighted by Gasteiger charge is -2.31. The van der Waals surface area contributed by atoms with Gasteiger partial charge in [-0.15, -0.1) is 0 Å². The molecule has 1 aromatic carbocycles. The molecule has 2 N–H and O–H groups in total. The molecule has 29 heavy (non-hydrogen) atoms. The molecular weight excluding hydrogens is 382 g/mol. The molecule has 1 amide bonds. The van der Waals surface area contributed by atoms with Gasteiger partial charge in [-0.05, 0) is 48.9 Å². The second kappa shape index (κ2) is 10.2. The number of likely N-dealkylation sites (tertiary alicyclic amines) is 1. The maximum absolute atomic E-state index is 11.2. The van der Waals surface area contributed by atoms with Crippen LogP contribution in [-0.4, -0.2) is 38.2 Å². The maximum Gasteiger partial charge on any atom is 0.217 e. The second-order valence-electron chi connectivity index (χ2n) is 8.56. The zero-order valence-electron chi connectivity index (χ0n) is 17.6. The molecule has 0 radical (unpaired) electrons. The molecule has 1 aliphatic rings. The molecule has 2 aromatic rings. The van der Waals surface area contributed by atoms with Gasteiger partial charge >= 0.3 is 0 Å². The van der Waals surface area contributed by atoms with Gasteiger partial charge < -0.3 is 10.3 Å². The number of hydrogen-bond acceptors (Lipinski definition) is 4. The van der Waals surface area contributed by atoms with E-state index in [0.29, 0.717) is 25.4 Å². The van der Waals surface area contributed by atoms with Crippen molar-refractivity contribution < 1.29 is 4.79 Å². The van der Waals surface area contributed by atoms with Crippen LogP contribution in [0.1, 0.15) is 44.5 Å². The normalized spacial score (nSPS) is 15.8. The first-order valence-corrected chi connectivity index (χ1v) is 11.0. The molecular formula is C22H33N5OS. The van der Waals surface area contributed by atoms with Gasteiger partial charge in [0.2, 0.25) is 5.91 Å². The Hall–Kier alpha value is -1.99. The van der Waals surface area contributed by atoms with Crippen LogP contribution in [0.2, 0.25) is 0 Å². The van der Waals surface area contributed by atoms with E-state index in [-0.39, 0.29) is 5.91 Å². The molecule has 0 atom stereocenters. The molecule has 0 aliphatic carbocycles. The van der Waals surface area contributed by atoms with Crippen LogP contribution < -0.4 is 5.73 Å². The lowest BCUT2D eigenvalue weighted by atomic mass is 9.90. The monoisotopic (exact) mass is 415 g/mol. The Kier molecular flexibility index (Phi) is 7.61. The Morgan fingerprint density at radius 1 is 1.24 bits per heavy atom. The first kappa shape index (κ1) is 21.7. The third-order valence-corrected chi connectivity index (χ3v) is 5.98. The Bertz CT molecular complexity index is 850. The molecule has 1 saturated heterocycles. The zero-order valence-corrected chi connectivity index (χ0v) is 18.4. The summed E-state index contributed by atoms with van der Waals surface area (Å²) in [6.45, 7) is 7.97. The molecule has 6 nitrogen and oxygen atoms in total. The van der Waals surface area contributed by atoms with Gasteiger partial charge in [-0.1, -0.05) is 44.2 Å². The van der Waals surface area contributed by atoms with Crippen LogP contribution in [0.15, 0.2) is 30.3 Å². The molecule has 0 saturated carbocycles. The fourth-order valence-electron chi connectivity index (χ4n) is 4.02. The number of carbonyl (C=O) groups excluding carboxylic acids is 1. The summed E-state index contributed by atoms with van der Waals surface area (Å²) in [5.41, 5.74) is 6.77. The number of rotatable bonds is 9. The molecule has 0 bridgehead atoms. The van der Waals surface area contributed by atoms with E-state index >= 15 is 0 Å². The highest BCUT2D eigenvalue weighted by Gasteiger charge is 2.21. The van der Waals surface area contributed by atoms with Crippen LogP contribution in [0.3, 0.4) is 0 Å². The largest absolute Gasteiger partial charge is 0.370 e. The maximum atomic E-state index is 11.2. The molecule has 1 aliphatic heterocycles. The first-order chi connectivity index (χ1) is 13.9. The highest BCUT2D eigenvalue weighted by molar-refractivity contribution is 7.71. The summed E-state index contributed by atoms with van der Waals surface area (Å²) in [6.07, 6.45) is 4.40. The summed E-state index contributed by atoms with van der Waals surface area (Å²) in [6, 6.07) is 10.8. The van der Waals surface area contributed by atoms with Gasteiger partial charge in [0.15, 0.2) is 4.77 Å². The molecule has 1 fully saturated rings. The third kappa shape index (κ3) is 6.24. The number of aryl methyl sites for hydroxylation is 1. The Labute approximate surface area is 178 Å². The minimum absolute atomic E-state index is 0.300. The molecule has 2 heterocycles. The van der Waals surface area contributed by atoms with E-state index in [1.165, 1.54) is 18.4 Å². The molecule has 158 valence electrons. The zero-order chi connectivity index (χ0) is 20.8. The Balaban J connectivity index is 1.61. The van der Waals surface area contributed by atoms with Crippen molar-refractivity contribution >= 4 is 18.1 Å². The van der Waals surface area contributed by atoms with E-state index in [2.05, 4.69) is 53.6 Å². The van der Waals surface area contributed by atoms with Crippen molar-refractivity contribution in [3.63, 3.8) is 0 Å². The number of hydrogen-bond donors (Lipinski definition) is 1. The predicted octanol–water partition coefficient (Wildman–Crippen LogP) is 3.40. The topological polar surface area (TPSA) is 69.1 Å². The van der Waals surface area contributed by atoms with Crippen molar-refractivity contribution in [3.8, 4) is 0 Å². The van der Waals surface area contributed by atoms with Crippen LogP contribution in [0.25, 0.3) is 0 Å². The number of nitrogens with zero attached hydrogens (tertiary/aromatic N) is 4. The van der Waals surface area contributed by atoms with E-state index in [4.69, 9.17) is 23.1 Å². The minimum atomic E-state index is -0.304. The van der Waals surface area contributed by atoms with Crippen molar-refractivity contribution in [2.24, 2.45) is 17.6 Å². The van der Waals surface area contributed by atoms with E-state index in [1.54, 1.807) is 0 Å². The summed E-state index contributed by atoms with van der Waals surface area (Å²) >= 11 is 5.71. The van der Waals surface area contributed by atoms with E-state index in [1.807, 2.05) is 4.68 Å². The standard InChI is InChI=1S/C22H33N5OS/c1-17(2)15-26-21(9-8-20(23)28)24-27(22(26)29)16-25-12-10-19(11-13-25)14-18-6-4-3-5-7-18/h3-7,17,19H,8-16H2,1-2H3,(H2,23,28). The quantitative estimate of drug-likeness (QED) is 0.637. The van der Waals surface area contributed by atoms with Gasteiger partial charge in [-0.25, -0.2) is 4.68 Å². The molecule has 3 rings (SSSR count). The van der Waals surface area contributed by atoms with Crippen molar-refractivity contribution in [2.75, 3.05) is 13.1 Å². The Morgan fingerprint density at radius 2 is 1.93 bits per heavy atom. The lowest BCUT2D eigenvalue weighted by Crippen LogP contribution is -2.36. The van der Waals surface area contributed by atoms with Crippen LogP contribution in [0, 0.1) is 16.6 Å². The molecule has 1 aromatic heterocycles. The Morgan fingerprint density at radius 3 is 2.55 bits per heavy atom. The van der Waals surface area contributed by atoms with Gasteiger partial charge in [-0.2, -0.15) is 5.10 Å². The number of amides is 1. The summed E-state index contributed by atoms with van der Waals surface area (Å²) in [5.74, 6) is 1.76. The molecule has 0 unspecified atom stereocenters.